The number of ether oxygens (including phenoxy) is 3. The second-order valence-electron chi connectivity index (χ2n) is 5.08. The van der Waals surface area contributed by atoms with Crippen LogP contribution in [0.4, 0.5) is 17.6 Å². The maximum Gasteiger partial charge on any atom is 0.340 e. The quantitative estimate of drug-likeness (QED) is 0.469. The van der Waals surface area contributed by atoms with Gasteiger partial charge in [-0.05, 0) is 24.1 Å². The van der Waals surface area contributed by atoms with Crippen molar-refractivity contribution in [3.8, 4) is 5.75 Å². The highest BCUT2D eigenvalue weighted by atomic mass is 19.3. The van der Waals surface area contributed by atoms with Crippen molar-refractivity contribution in [2.24, 2.45) is 0 Å². The smallest absolute Gasteiger partial charge is 0.340 e. The highest BCUT2D eigenvalue weighted by molar-refractivity contribution is 5.72. The van der Waals surface area contributed by atoms with Crippen LogP contribution in [-0.2, 0) is 25.7 Å². The molecule has 140 valence electrons. The van der Waals surface area contributed by atoms with E-state index in [1.54, 1.807) is 24.3 Å². The number of carbonyl (C=O) groups excluding carboxylic acids is 2. The highest BCUT2D eigenvalue weighted by Gasteiger charge is 2.42. The van der Waals surface area contributed by atoms with Crippen molar-refractivity contribution in [1.82, 2.24) is 0 Å². The molecular weight excluding hydrogens is 348 g/mol. The third-order valence-corrected chi connectivity index (χ3v) is 3.07. The molecule has 1 aromatic rings. The van der Waals surface area contributed by atoms with Crippen molar-refractivity contribution in [2.75, 3.05) is 13.7 Å². The van der Waals surface area contributed by atoms with E-state index in [1.807, 2.05) is 0 Å². The van der Waals surface area contributed by atoms with Crippen LogP contribution in [0.1, 0.15) is 24.8 Å². The molecule has 1 aromatic carbocycles. The van der Waals surface area contributed by atoms with Crippen molar-refractivity contribution >= 4 is 11.9 Å². The van der Waals surface area contributed by atoms with Gasteiger partial charge in [-0.25, -0.2) is 8.78 Å². The van der Waals surface area contributed by atoms with E-state index in [0.717, 1.165) is 5.56 Å². The number of halogens is 4. The van der Waals surface area contributed by atoms with Gasteiger partial charge in [-0.1, -0.05) is 12.1 Å². The molecule has 5 nitrogen and oxygen atoms in total. The van der Waals surface area contributed by atoms with Gasteiger partial charge in [0.15, 0.2) is 6.61 Å². The highest BCUT2D eigenvalue weighted by Crippen LogP contribution is 2.23. The van der Waals surface area contributed by atoms with Crippen molar-refractivity contribution in [3.05, 3.63) is 29.8 Å². The van der Waals surface area contributed by atoms with E-state index < -0.39 is 30.9 Å². The van der Waals surface area contributed by atoms with Crippen molar-refractivity contribution in [1.29, 1.82) is 0 Å². The molecule has 0 aromatic heterocycles. The Morgan fingerprint density at radius 3 is 2.12 bits per heavy atom. The molecule has 0 atom stereocenters. The largest absolute Gasteiger partial charge is 0.497 e. The first kappa shape index (κ1) is 20.7. The Labute approximate surface area is 141 Å². The lowest BCUT2D eigenvalue weighted by Gasteiger charge is -2.14. The molecule has 0 fully saturated rings. The van der Waals surface area contributed by atoms with Crippen LogP contribution in [0.15, 0.2) is 24.3 Å². The van der Waals surface area contributed by atoms with Gasteiger partial charge in [0.25, 0.3) is 0 Å². The summed E-state index contributed by atoms with van der Waals surface area (Å²) < 4.78 is 62.9. The van der Waals surface area contributed by atoms with E-state index in [-0.39, 0.29) is 25.9 Å². The van der Waals surface area contributed by atoms with E-state index in [9.17, 15) is 27.2 Å². The molecule has 0 heterocycles. The maximum atomic E-state index is 12.6. The number of hydrogen-bond donors (Lipinski definition) is 0. The molecule has 0 aliphatic heterocycles. The molecule has 9 heteroatoms. The van der Waals surface area contributed by atoms with Crippen LogP contribution in [-0.4, -0.2) is 38.0 Å². The fourth-order valence-corrected chi connectivity index (χ4v) is 1.65. The van der Waals surface area contributed by atoms with E-state index in [0.29, 0.717) is 5.75 Å². The van der Waals surface area contributed by atoms with Crippen LogP contribution in [0.3, 0.4) is 0 Å². The summed E-state index contributed by atoms with van der Waals surface area (Å²) in [4.78, 5) is 22.7. The van der Waals surface area contributed by atoms with E-state index in [4.69, 9.17) is 9.47 Å². The first-order valence-electron chi connectivity index (χ1n) is 7.34. The molecule has 0 saturated carbocycles. The number of esters is 2. The third kappa shape index (κ3) is 7.86. The lowest BCUT2D eigenvalue weighted by atomic mass is 10.2. The minimum Gasteiger partial charge on any atom is -0.497 e. The lowest BCUT2D eigenvalue weighted by Crippen LogP contribution is -2.33. The average molecular weight is 366 g/mol. The molecule has 0 amide bonds. The van der Waals surface area contributed by atoms with Crippen LogP contribution in [0, 0.1) is 0 Å². The van der Waals surface area contributed by atoms with Gasteiger partial charge in [0.1, 0.15) is 12.4 Å². The third-order valence-electron chi connectivity index (χ3n) is 3.07. The molecule has 25 heavy (non-hydrogen) atoms. The number of methoxy groups -OCH3 is 1. The molecule has 0 N–H and O–H groups in total. The second-order valence-corrected chi connectivity index (χ2v) is 5.08. The van der Waals surface area contributed by atoms with Crippen LogP contribution < -0.4 is 4.74 Å². The fourth-order valence-electron chi connectivity index (χ4n) is 1.65. The van der Waals surface area contributed by atoms with Crippen molar-refractivity contribution in [2.45, 2.75) is 38.2 Å². The zero-order valence-electron chi connectivity index (χ0n) is 13.5. The fraction of sp³-hybridized carbons (Fsp3) is 0.500. The molecule has 0 unspecified atom stereocenters. The molecule has 1 rings (SSSR count). The number of carbonyl (C=O) groups is 2. The summed E-state index contributed by atoms with van der Waals surface area (Å²) in [6.45, 7) is -1.65. The van der Waals surface area contributed by atoms with Gasteiger partial charge in [0.05, 0.1) is 7.11 Å². The van der Waals surface area contributed by atoms with E-state index >= 15 is 0 Å². The summed E-state index contributed by atoms with van der Waals surface area (Å²) in [6, 6.07) is 6.84. The van der Waals surface area contributed by atoms with Crippen LogP contribution in [0.25, 0.3) is 0 Å². The zero-order valence-corrected chi connectivity index (χ0v) is 13.5. The Morgan fingerprint density at radius 2 is 1.60 bits per heavy atom. The van der Waals surface area contributed by atoms with E-state index in [1.165, 1.54) is 7.11 Å². The number of hydrogen-bond acceptors (Lipinski definition) is 5. The Morgan fingerprint density at radius 1 is 1.04 bits per heavy atom. The number of benzene rings is 1. The summed E-state index contributed by atoms with van der Waals surface area (Å²) in [7, 11) is 1.52. The van der Waals surface area contributed by atoms with Gasteiger partial charge in [-0.3, -0.25) is 9.59 Å². The summed E-state index contributed by atoms with van der Waals surface area (Å²) in [5, 5.41) is 0. The predicted octanol–water partition coefficient (Wildman–Crippen LogP) is 3.35. The predicted molar refractivity (Wildman–Crippen MR) is 78.6 cm³/mol. The van der Waals surface area contributed by atoms with Gasteiger partial charge < -0.3 is 14.2 Å². The minimum atomic E-state index is -4.38. The molecular formula is C16H18F4O5. The first-order chi connectivity index (χ1) is 11.7. The van der Waals surface area contributed by atoms with Gasteiger partial charge in [-0.15, -0.1) is 0 Å². The Kier molecular flexibility index (Phi) is 8.17. The molecule has 0 aliphatic rings. The monoisotopic (exact) mass is 366 g/mol. The van der Waals surface area contributed by atoms with Crippen LogP contribution >= 0.6 is 0 Å². The van der Waals surface area contributed by atoms with Crippen LogP contribution in [0.5, 0.6) is 5.75 Å². The Hall–Kier alpha value is -2.32. The maximum absolute atomic E-state index is 12.6. The van der Waals surface area contributed by atoms with Crippen molar-refractivity contribution < 1.29 is 41.4 Å². The SMILES string of the molecule is COc1ccc(COC(=O)CCCC(=O)OCC(F)(F)C(F)F)cc1. The molecule has 0 spiro atoms. The van der Waals surface area contributed by atoms with Gasteiger partial charge in [0, 0.05) is 12.8 Å². The summed E-state index contributed by atoms with van der Waals surface area (Å²) in [6.07, 6.45) is -4.39. The second kappa shape index (κ2) is 9.85. The number of alkyl halides is 4. The van der Waals surface area contributed by atoms with Gasteiger partial charge in [0.2, 0.25) is 0 Å². The average Bonchev–Trinajstić information content (AvgIpc) is 2.58. The zero-order chi connectivity index (χ0) is 18.9. The summed E-state index contributed by atoms with van der Waals surface area (Å²) in [5.74, 6) is -5.39. The number of rotatable bonds is 10. The van der Waals surface area contributed by atoms with Gasteiger partial charge in [-0.2, -0.15) is 8.78 Å². The first-order valence-corrected chi connectivity index (χ1v) is 7.34. The summed E-state index contributed by atoms with van der Waals surface area (Å²) >= 11 is 0. The molecule has 0 saturated heterocycles. The topological polar surface area (TPSA) is 61.8 Å². The minimum absolute atomic E-state index is 0.000525. The Balaban J connectivity index is 2.20. The Bertz CT molecular complexity index is 560. The van der Waals surface area contributed by atoms with Crippen LogP contribution in [0.2, 0.25) is 0 Å². The van der Waals surface area contributed by atoms with Crippen molar-refractivity contribution in [3.63, 3.8) is 0 Å². The van der Waals surface area contributed by atoms with E-state index in [2.05, 4.69) is 4.74 Å². The molecule has 0 radical (unpaired) electrons. The standard InChI is InChI=1S/C16H18F4O5/c1-23-12-7-5-11(6-8-12)9-24-13(21)3-2-4-14(22)25-10-16(19,20)15(17)18/h5-8,15H,2-4,9-10H2,1H3. The van der Waals surface area contributed by atoms with Gasteiger partial charge >= 0.3 is 24.3 Å². The summed E-state index contributed by atoms with van der Waals surface area (Å²) in [5.41, 5.74) is 0.739. The molecule has 0 bridgehead atoms. The molecule has 0 aliphatic carbocycles. The normalized spacial score (nSPS) is 11.3. The lowest BCUT2D eigenvalue weighted by molar-refractivity contribution is -0.179.